The standard InChI is InChI=1S/C12H18O6/c1-8(11(14)17-3)7-9(12(15)18-4)5-6-10(13)16-2/h9H,1,5-7H2,2-4H3. The van der Waals surface area contributed by atoms with Crippen LogP contribution in [-0.4, -0.2) is 39.2 Å². The largest absolute Gasteiger partial charge is 0.469 e. The van der Waals surface area contributed by atoms with Crippen molar-refractivity contribution in [2.24, 2.45) is 5.92 Å². The van der Waals surface area contributed by atoms with Gasteiger partial charge in [-0.05, 0) is 12.8 Å². The van der Waals surface area contributed by atoms with E-state index in [-0.39, 0.29) is 24.8 Å². The molecule has 0 aromatic carbocycles. The molecule has 0 aromatic heterocycles. The normalized spacial score (nSPS) is 11.3. The molecule has 18 heavy (non-hydrogen) atoms. The molecule has 0 aliphatic carbocycles. The van der Waals surface area contributed by atoms with Crippen LogP contribution in [0.1, 0.15) is 19.3 Å². The average Bonchev–Trinajstić information content (AvgIpc) is 2.40. The van der Waals surface area contributed by atoms with Crippen molar-refractivity contribution in [1.82, 2.24) is 0 Å². The molecule has 0 saturated carbocycles. The molecular weight excluding hydrogens is 240 g/mol. The van der Waals surface area contributed by atoms with Crippen LogP contribution in [0.5, 0.6) is 0 Å². The monoisotopic (exact) mass is 258 g/mol. The van der Waals surface area contributed by atoms with E-state index in [1.54, 1.807) is 0 Å². The highest BCUT2D eigenvalue weighted by molar-refractivity contribution is 5.88. The van der Waals surface area contributed by atoms with Gasteiger partial charge in [0.1, 0.15) is 0 Å². The van der Waals surface area contributed by atoms with Gasteiger partial charge in [-0.15, -0.1) is 0 Å². The lowest BCUT2D eigenvalue weighted by molar-refractivity contribution is -0.146. The van der Waals surface area contributed by atoms with Crippen molar-refractivity contribution in [2.75, 3.05) is 21.3 Å². The van der Waals surface area contributed by atoms with Crippen molar-refractivity contribution in [2.45, 2.75) is 19.3 Å². The highest BCUT2D eigenvalue weighted by atomic mass is 16.5. The van der Waals surface area contributed by atoms with Gasteiger partial charge in [0, 0.05) is 12.0 Å². The molecule has 0 fully saturated rings. The second-order valence-electron chi connectivity index (χ2n) is 3.63. The van der Waals surface area contributed by atoms with Crippen molar-refractivity contribution in [3.8, 4) is 0 Å². The zero-order chi connectivity index (χ0) is 14.1. The number of hydrogen-bond donors (Lipinski definition) is 0. The molecule has 6 heteroatoms. The minimum Gasteiger partial charge on any atom is -0.469 e. The van der Waals surface area contributed by atoms with Crippen LogP contribution in [-0.2, 0) is 28.6 Å². The SMILES string of the molecule is C=C(CC(CCC(=O)OC)C(=O)OC)C(=O)OC. The van der Waals surface area contributed by atoms with Gasteiger partial charge in [0.15, 0.2) is 0 Å². The molecule has 0 aliphatic rings. The maximum atomic E-state index is 11.5. The Kier molecular flexibility index (Phi) is 7.42. The zero-order valence-electron chi connectivity index (χ0n) is 10.9. The fourth-order valence-electron chi connectivity index (χ4n) is 1.39. The Balaban J connectivity index is 4.50. The maximum Gasteiger partial charge on any atom is 0.333 e. The average molecular weight is 258 g/mol. The number of esters is 3. The summed E-state index contributed by atoms with van der Waals surface area (Å²) in [5, 5.41) is 0. The fraction of sp³-hybridized carbons (Fsp3) is 0.583. The summed E-state index contributed by atoms with van der Waals surface area (Å²) in [5.74, 6) is -2.11. The molecule has 1 atom stereocenters. The summed E-state index contributed by atoms with van der Waals surface area (Å²) < 4.78 is 13.6. The lowest BCUT2D eigenvalue weighted by Gasteiger charge is -2.14. The van der Waals surface area contributed by atoms with Crippen molar-refractivity contribution in [3.63, 3.8) is 0 Å². The summed E-state index contributed by atoms with van der Waals surface area (Å²) in [4.78, 5) is 33.7. The minimum atomic E-state index is -0.610. The summed E-state index contributed by atoms with van der Waals surface area (Å²) >= 11 is 0. The van der Waals surface area contributed by atoms with E-state index in [1.807, 2.05) is 0 Å². The van der Waals surface area contributed by atoms with E-state index in [2.05, 4.69) is 20.8 Å². The molecule has 0 aliphatic heterocycles. The predicted molar refractivity (Wildman–Crippen MR) is 62.5 cm³/mol. The van der Waals surface area contributed by atoms with Crippen LogP contribution < -0.4 is 0 Å². The Hall–Kier alpha value is -1.85. The topological polar surface area (TPSA) is 78.9 Å². The van der Waals surface area contributed by atoms with Crippen LogP contribution in [0.3, 0.4) is 0 Å². The van der Waals surface area contributed by atoms with E-state index in [0.29, 0.717) is 0 Å². The van der Waals surface area contributed by atoms with Gasteiger partial charge in [-0.3, -0.25) is 9.59 Å². The second-order valence-corrected chi connectivity index (χ2v) is 3.63. The van der Waals surface area contributed by atoms with Crippen molar-refractivity contribution in [1.29, 1.82) is 0 Å². The maximum absolute atomic E-state index is 11.5. The molecule has 0 rings (SSSR count). The van der Waals surface area contributed by atoms with Crippen LogP contribution in [0.15, 0.2) is 12.2 Å². The molecule has 0 saturated heterocycles. The van der Waals surface area contributed by atoms with Crippen LogP contribution >= 0.6 is 0 Å². The zero-order valence-corrected chi connectivity index (χ0v) is 10.9. The Morgan fingerprint density at radius 3 is 2.11 bits per heavy atom. The summed E-state index contributed by atoms with van der Waals surface area (Å²) in [5.41, 5.74) is 0.165. The smallest absolute Gasteiger partial charge is 0.333 e. The van der Waals surface area contributed by atoms with Gasteiger partial charge < -0.3 is 14.2 Å². The molecule has 1 unspecified atom stereocenters. The third-order valence-electron chi connectivity index (χ3n) is 2.43. The molecular formula is C12H18O6. The summed E-state index contributed by atoms with van der Waals surface area (Å²) in [6.07, 6.45) is 0.399. The van der Waals surface area contributed by atoms with E-state index in [0.717, 1.165) is 0 Å². The number of ether oxygens (including phenoxy) is 3. The fourth-order valence-corrected chi connectivity index (χ4v) is 1.39. The first kappa shape index (κ1) is 16.1. The van der Waals surface area contributed by atoms with Crippen molar-refractivity contribution >= 4 is 17.9 Å². The first-order valence-electron chi connectivity index (χ1n) is 5.37. The number of carbonyl (C=O) groups is 3. The van der Waals surface area contributed by atoms with Gasteiger partial charge in [0.2, 0.25) is 0 Å². The van der Waals surface area contributed by atoms with Gasteiger partial charge in [-0.25, -0.2) is 4.79 Å². The van der Waals surface area contributed by atoms with E-state index in [1.165, 1.54) is 21.3 Å². The molecule has 0 heterocycles. The van der Waals surface area contributed by atoms with E-state index in [4.69, 9.17) is 0 Å². The molecule has 0 radical (unpaired) electrons. The van der Waals surface area contributed by atoms with Gasteiger partial charge >= 0.3 is 17.9 Å². The van der Waals surface area contributed by atoms with Crippen LogP contribution in [0, 0.1) is 5.92 Å². The number of carbonyl (C=O) groups excluding carboxylic acids is 3. The predicted octanol–water partition coefficient (Wildman–Crippen LogP) is 0.848. The van der Waals surface area contributed by atoms with Crippen LogP contribution in [0.2, 0.25) is 0 Å². The molecule has 0 aromatic rings. The van der Waals surface area contributed by atoms with Gasteiger partial charge in [0.05, 0.1) is 27.2 Å². The quantitative estimate of drug-likeness (QED) is 0.382. The number of hydrogen-bond acceptors (Lipinski definition) is 6. The minimum absolute atomic E-state index is 0.0741. The second kappa shape index (κ2) is 8.27. The highest BCUT2D eigenvalue weighted by Gasteiger charge is 2.23. The van der Waals surface area contributed by atoms with Crippen LogP contribution in [0.4, 0.5) is 0 Å². The highest BCUT2D eigenvalue weighted by Crippen LogP contribution is 2.19. The third kappa shape index (κ3) is 5.47. The first-order valence-corrected chi connectivity index (χ1v) is 5.37. The molecule has 102 valence electrons. The van der Waals surface area contributed by atoms with E-state index >= 15 is 0 Å². The van der Waals surface area contributed by atoms with Gasteiger partial charge in [0.25, 0.3) is 0 Å². The summed E-state index contributed by atoms with van der Waals surface area (Å²) in [6, 6.07) is 0. The van der Waals surface area contributed by atoms with E-state index < -0.39 is 23.8 Å². The summed E-state index contributed by atoms with van der Waals surface area (Å²) in [7, 11) is 3.74. The lowest BCUT2D eigenvalue weighted by atomic mass is 9.95. The first-order chi connectivity index (χ1) is 8.46. The van der Waals surface area contributed by atoms with Crippen molar-refractivity contribution in [3.05, 3.63) is 12.2 Å². The number of methoxy groups -OCH3 is 3. The summed E-state index contributed by atoms with van der Waals surface area (Å²) in [6.45, 7) is 3.53. The van der Waals surface area contributed by atoms with Gasteiger partial charge in [-0.1, -0.05) is 6.58 Å². The van der Waals surface area contributed by atoms with Crippen LogP contribution in [0.25, 0.3) is 0 Å². The molecule has 6 nitrogen and oxygen atoms in total. The molecule has 0 N–H and O–H groups in total. The molecule has 0 bridgehead atoms. The lowest BCUT2D eigenvalue weighted by Crippen LogP contribution is -2.20. The molecule has 0 spiro atoms. The Morgan fingerprint density at radius 2 is 1.67 bits per heavy atom. The Labute approximate surface area is 106 Å². The number of rotatable bonds is 7. The van der Waals surface area contributed by atoms with Gasteiger partial charge in [-0.2, -0.15) is 0 Å². The third-order valence-corrected chi connectivity index (χ3v) is 2.43. The van der Waals surface area contributed by atoms with Crippen molar-refractivity contribution < 1.29 is 28.6 Å². The molecule has 0 amide bonds. The van der Waals surface area contributed by atoms with E-state index in [9.17, 15) is 14.4 Å². The Morgan fingerprint density at radius 1 is 1.06 bits per heavy atom. The Bertz CT molecular complexity index is 333.